The van der Waals surface area contributed by atoms with Crippen LogP contribution in [0.1, 0.15) is 43.1 Å². The first kappa shape index (κ1) is 27.0. The molecular weight excluding hydrogens is 463 g/mol. The quantitative estimate of drug-likeness (QED) is 0.278. The maximum absolute atomic E-state index is 13.3. The molecule has 0 bridgehead atoms. The SMILES string of the molecule is COC(=O)C(C)CC(NC(=O)c1ccc(-n2cccn2)cc1)C(O)NC(C)(C)Cc1ccc(F)cc1. The molecule has 0 radical (unpaired) electrons. The number of halogens is 1. The smallest absolute Gasteiger partial charge is 0.308 e. The third-order valence-electron chi connectivity index (χ3n) is 5.91. The van der Waals surface area contributed by atoms with Crippen LogP contribution in [-0.4, -0.2) is 51.7 Å². The van der Waals surface area contributed by atoms with Crippen LogP contribution in [0.25, 0.3) is 5.69 Å². The average molecular weight is 497 g/mol. The van der Waals surface area contributed by atoms with E-state index in [9.17, 15) is 19.1 Å². The van der Waals surface area contributed by atoms with Crippen molar-refractivity contribution in [3.8, 4) is 5.69 Å². The van der Waals surface area contributed by atoms with Gasteiger partial charge >= 0.3 is 5.97 Å². The summed E-state index contributed by atoms with van der Waals surface area (Å²) in [5, 5.41) is 21.3. The van der Waals surface area contributed by atoms with Crippen molar-refractivity contribution in [3.63, 3.8) is 0 Å². The van der Waals surface area contributed by atoms with Gasteiger partial charge in [-0.05, 0) is 74.7 Å². The van der Waals surface area contributed by atoms with Crippen LogP contribution < -0.4 is 10.6 Å². The van der Waals surface area contributed by atoms with Crippen molar-refractivity contribution >= 4 is 11.9 Å². The number of esters is 1. The maximum atomic E-state index is 13.3. The molecule has 3 aromatic rings. The Morgan fingerprint density at radius 2 is 1.81 bits per heavy atom. The van der Waals surface area contributed by atoms with Gasteiger partial charge in [-0.25, -0.2) is 9.07 Å². The number of carbonyl (C=O) groups is 2. The van der Waals surface area contributed by atoms with Gasteiger partial charge in [0.1, 0.15) is 12.0 Å². The van der Waals surface area contributed by atoms with E-state index >= 15 is 0 Å². The highest BCUT2D eigenvalue weighted by Gasteiger charge is 2.31. The Bertz CT molecular complexity index is 1130. The Morgan fingerprint density at radius 1 is 1.14 bits per heavy atom. The summed E-state index contributed by atoms with van der Waals surface area (Å²) in [6.45, 7) is 5.48. The van der Waals surface area contributed by atoms with Crippen molar-refractivity contribution in [1.82, 2.24) is 20.4 Å². The second-order valence-electron chi connectivity index (χ2n) is 9.51. The molecular formula is C27H33FN4O4. The Kier molecular flexibility index (Phi) is 8.95. The highest BCUT2D eigenvalue weighted by atomic mass is 19.1. The number of ether oxygens (including phenoxy) is 1. The molecule has 3 N–H and O–H groups in total. The van der Waals surface area contributed by atoms with Crippen LogP contribution in [0, 0.1) is 11.7 Å². The molecule has 1 heterocycles. The molecule has 3 atom stereocenters. The van der Waals surface area contributed by atoms with E-state index in [0.717, 1.165) is 11.3 Å². The first-order chi connectivity index (χ1) is 17.1. The summed E-state index contributed by atoms with van der Waals surface area (Å²) >= 11 is 0. The zero-order chi connectivity index (χ0) is 26.3. The zero-order valence-corrected chi connectivity index (χ0v) is 20.9. The number of nitrogens with zero attached hydrogens (tertiary/aromatic N) is 2. The van der Waals surface area contributed by atoms with Gasteiger partial charge in [-0.3, -0.25) is 14.9 Å². The monoisotopic (exact) mass is 496 g/mol. The van der Waals surface area contributed by atoms with Crippen molar-refractivity contribution in [2.24, 2.45) is 5.92 Å². The number of aromatic nitrogens is 2. The van der Waals surface area contributed by atoms with Crippen molar-refractivity contribution in [2.75, 3.05) is 7.11 Å². The van der Waals surface area contributed by atoms with E-state index in [4.69, 9.17) is 4.74 Å². The Labute approximate surface area is 210 Å². The molecule has 0 saturated carbocycles. The zero-order valence-electron chi connectivity index (χ0n) is 20.9. The minimum absolute atomic E-state index is 0.157. The normalized spacial score (nSPS) is 14.1. The second kappa shape index (κ2) is 11.9. The van der Waals surface area contributed by atoms with Gasteiger partial charge in [0.2, 0.25) is 0 Å². The van der Waals surface area contributed by atoms with Gasteiger partial charge in [-0.15, -0.1) is 0 Å². The summed E-state index contributed by atoms with van der Waals surface area (Å²) < 4.78 is 19.8. The topological polar surface area (TPSA) is 105 Å². The first-order valence-corrected chi connectivity index (χ1v) is 11.8. The molecule has 1 amide bonds. The van der Waals surface area contributed by atoms with E-state index in [1.54, 1.807) is 66.5 Å². The van der Waals surface area contributed by atoms with Crippen LogP contribution in [0.5, 0.6) is 0 Å². The number of benzene rings is 2. The second-order valence-corrected chi connectivity index (χ2v) is 9.51. The molecule has 2 aromatic carbocycles. The largest absolute Gasteiger partial charge is 0.469 e. The van der Waals surface area contributed by atoms with Gasteiger partial charge in [0.05, 0.1) is 24.8 Å². The minimum Gasteiger partial charge on any atom is -0.469 e. The summed E-state index contributed by atoms with van der Waals surface area (Å²) in [7, 11) is 1.30. The third kappa shape index (κ3) is 7.47. The van der Waals surface area contributed by atoms with Crippen molar-refractivity contribution in [3.05, 3.63) is 83.9 Å². The number of rotatable bonds is 11. The molecule has 0 spiro atoms. The highest BCUT2D eigenvalue weighted by Crippen LogP contribution is 2.18. The molecule has 0 aliphatic carbocycles. The van der Waals surface area contributed by atoms with E-state index in [1.807, 2.05) is 13.8 Å². The number of nitrogens with one attached hydrogen (secondary N) is 2. The molecule has 1 aromatic heterocycles. The molecule has 0 aliphatic heterocycles. The fraction of sp³-hybridized carbons (Fsp3) is 0.370. The van der Waals surface area contributed by atoms with Crippen molar-refractivity contribution < 1.29 is 23.8 Å². The highest BCUT2D eigenvalue weighted by molar-refractivity contribution is 5.94. The molecule has 3 unspecified atom stereocenters. The number of carbonyl (C=O) groups excluding carboxylic acids is 2. The van der Waals surface area contributed by atoms with Crippen LogP contribution in [0.2, 0.25) is 0 Å². The lowest BCUT2D eigenvalue weighted by Gasteiger charge is -2.34. The van der Waals surface area contributed by atoms with E-state index in [-0.39, 0.29) is 18.1 Å². The van der Waals surface area contributed by atoms with E-state index < -0.39 is 29.7 Å². The van der Waals surface area contributed by atoms with Gasteiger partial charge in [0.15, 0.2) is 0 Å². The van der Waals surface area contributed by atoms with Gasteiger partial charge in [-0.1, -0.05) is 19.1 Å². The fourth-order valence-electron chi connectivity index (χ4n) is 4.05. The lowest BCUT2D eigenvalue weighted by molar-refractivity contribution is -0.145. The van der Waals surface area contributed by atoms with Crippen LogP contribution in [0.3, 0.4) is 0 Å². The number of amides is 1. The molecule has 3 rings (SSSR count). The van der Waals surface area contributed by atoms with E-state index in [1.165, 1.54) is 19.2 Å². The summed E-state index contributed by atoms with van der Waals surface area (Å²) in [5.74, 6) is -1.70. The fourth-order valence-corrected chi connectivity index (χ4v) is 4.05. The summed E-state index contributed by atoms with van der Waals surface area (Å²) in [6, 6.07) is 14.1. The standard InChI is InChI=1S/C27H33FN4O4/c1-18(26(35)36-4)16-23(25(34)31-27(2,3)17-19-6-10-21(28)11-7-19)30-24(33)20-8-12-22(13-9-20)32-15-5-14-29-32/h5-15,18,23,25,31,34H,16-17H2,1-4H3,(H,30,33). The molecule has 36 heavy (non-hydrogen) atoms. The summed E-state index contributed by atoms with van der Waals surface area (Å²) in [4.78, 5) is 25.1. The van der Waals surface area contributed by atoms with Crippen LogP contribution in [0.15, 0.2) is 67.0 Å². The maximum Gasteiger partial charge on any atom is 0.308 e. The van der Waals surface area contributed by atoms with Gasteiger partial charge in [-0.2, -0.15) is 5.10 Å². The molecule has 0 aliphatic rings. The van der Waals surface area contributed by atoms with Gasteiger partial charge in [0, 0.05) is 23.5 Å². The summed E-state index contributed by atoms with van der Waals surface area (Å²) in [6.07, 6.45) is 2.96. The van der Waals surface area contributed by atoms with Crippen LogP contribution in [-0.2, 0) is 16.0 Å². The van der Waals surface area contributed by atoms with Crippen LogP contribution >= 0.6 is 0 Å². The number of methoxy groups -OCH3 is 1. The average Bonchev–Trinajstić information content (AvgIpc) is 3.39. The molecule has 8 nitrogen and oxygen atoms in total. The molecule has 192 valence electrons. The number of hydrogen-bond donors (Lipinski definition) is 3. The molecule has 0 fully saturated rings. The Morgan fingerprint density at radius 3 is 2.39 bits per heavy atom. The van der Waals surface area contributed by atoms with Gasteiger partial charge in [0.25, 0.3) is 5.91 Å². The lowest BCUT2D eigenvalue weighted by atomic mass is 9.93. The molecule has 9 heteroatoms. The summed E-state index contributed by atoms with van der Waals surface area (Å²) in [5.41, 5.74) is 1.50. The first-order valence-electron chi connectivity index (χ1n) is 11.8. The number of aliphatic hydroxyl groups excluding tert-OH is 1. The Balaban J connectivity index is 1.72. The van der Waals surface area contributed by atoms with E-state index in [0.29, 0.717) is 12.0 Å². The minimum atomic E-state index is -1.17. The van der Waals surface area contributed by atoms with E-state index in [2.05, 4.69) is 15.7 Å². The molecule has 0 saturated heterocycles. The number of hydrogen-bond acceptors (Lipinski definition) is 6. The third-order valence-corrected chi connectivity index (χ3v) is 5.91. The van der Waals surface area contributed by atoms with Gasteiger partial charge < -0.3 is 15.2 Å². The lowest BCUT2D eigenvalue weighted by Crippen LogP contribution is -2.57. The number of aliphatic hydroxyl groups is 1. The Hall–Kier alpha value is -3.56. The van der Waals surface area contributed by atoms with Crippen molar-refractivity contribution in [1.29, 1.82) is 0 Å². The predicted octanol–water partition coefficient (Wildman–Crippen LogP) is 3.24. The van der Waals surface area contributed by atoms with Crippen LogP contribution in [0.4, 0.5) is 4.39 Å². The van der Waals surface area contributed by atoms with Crippen molar-refractivity contribution in [2.45, 2.75) is 51.4 Å². The predicted molar refractivity (Wildman–Crippen MR) is 134 cm³/mol.